The van der Waals surface area contributed by atoms with E-state index in [1.165, 1.54) is 31.4 Å². The second kappa shape index (κ2) is 7.14. The van der Waals surface area contributed by atoms with E-state index in [2.05, 4.69) is 6.92 Å². The first kappa shape index (κ1) is 15.4. The molecule has 0 aromatic heterocycles. The monoisotopic (exact) mass is 295 g/mol. The molecule has 0 amide bonds. The van der Waals surface area contributed by atoms with Crippen molar-refractivity contribution in [2.75, 3.05) is 0 Å². The molecule has 2 unspecified atom stereocenters. The second-order valence-corrected chi connectivity index (χ2v) is 5.98. The van der Waals surface area contributed by atoms with E-state index in [0.717, 1.165) is 24.3 Å². The second-order valence-electron chi connectivity index (χ2n) is 5.54. The highest BCUT2D eigenvalue weighted by Gasteiger charge is 2.21. The van der Waals surface area contributed by atoms with Gasteiger partial charge >= 0.3 is 0 Å². The Hall–Kier alpha value is -1.00. The van der Waals surface area contributed by atoms with Crippen LogP contribution in [0, 0.1) is 11.7 Å². The molecule has 0 aliphatic heterocycles. The zero-order chi connectivity index (χ0) is 14.5. The quantitative estimate of drug-likeness (QED) is 0.836. The predicted molar refractivity (Wildman–Crippen MR) is 83.1 cm³/mol. The van der Waals surface area contributed by atoms with E-state index in [-0.39, 0.29) is 11.9 Å². The SMILES string of the molecule is CCC1CCCC(OCc2cc(F)ccc2C(N)=S)C1. The van der Waals surface area contributed by atoms with Crippen LogP contribution in [0.4, 0.5) is 4.39 Å². The molecule has 1 aromatic carbocycles. The van der Waals surface area contributed by atoms with Crippen molar-refractivity contribution in [3.05, 3.63) is 35.1 Å². The number of nitrogens with two attached hydrogens (primary N) is 1. The molecule has 1 aliphatic carbocycles. The molecule has 2 nitrogen and oxygen atoms in total. The Kier molecular flexibility index (Phi) is 5.49. The van der Waals surface area contributed by atoms with Crippen LogP contribution in [0.25, 0.3) is 0 Å². The molecule has 0 bridgehead atoms. The molecule has 4 heteroatoms. The van der Waals surface area contributed by atoms with Crippen LogP contribution in [0.15, 0.2) is 18.2 Å². The number of halogens is 1. The van der Waals surface area contributed by atoms with Gasteiger partial charge in [-0.25, -0.2) is 4.39 Å². The highest BCUT2D eigenvalue weighted by molar-refractivity contribution is 7.80. The van der Waals surface area contributed by atoms with Gasteiger partial charge in [-0.05, 0) is 42.5 Å². The number of hydrogen-bond acceptors (Lipinski definition) is 2. The van der Waals surface area contributed by atoms with Gasteiger partial charge in [-0.2, -0.15) is 0 Å². The van der Waals surface area contributed by atoms with E-state index in [9.17, 15) is 4.39 Å². The summed E-state index contributed by atoms with van der Waals surface area (Å²) in [4.78, 5) is 0.290. The lowest BCUT2D eigenvalue weighted by Crippen LogP contribution is -2.23. The Balaban J connectivity index is 1.99. The summed E-state index contributed by atoms with van der Waals surface area (Å²) < 4.78 is 19.3. The third-order valence-corrected chi connectivity index (χ3v) is 4.34. The van der Waals surface area contributed by atoms with Crippen molar-refractivity contribution >= 4 is 17.2 Å². The Bertz CT molecular complexity index is 478. The summed E-state index contributed by atoms with van der Waals surface area (Å²) in [6, 6.07) is 4.48. The minimum absolute atomic E-state index is 0.274. The summed E-state index contributed by atoms with van der Waals surface area (Å²) in [6.45, 7) is 2.61. The fourth-order valence-corrected chi connectivity index (χ4v) is 3.09. The maximum atomic E-state index is 13.4. The summed E-state index contributed by atoms with van der Waals surface area (Å²) >= 11 is 5.00. The molecule has 1 aliphatic rings. The topological polar surface area (TPSA) is 35.2 Å². The molecular formula is C16H22FNOS. The van der Waals surface area contributed by atoms with Crippen LogP contribution in [0.3, 0.4) is 0 Å². The van der Waals surface area contributed by atoms with E-state index < -0.39 is 0 Å². The first-order valence-electron chi connectivity index (χ1n) is 7.30. The van der Waals surface area contributed by atoms with Crippen molar-refractivity contribution in [2.24, 2.45) is 11.7 Å². The third-order valence-electron chi connectivity index (χ3n) is 4.12. The van der Waals surface area contributed by atoms with Crippen LogP contribution in [0.1, 0.15) is 50.2 Å². The maximum absolute atomic E-state index is 13.4. The average Bonchev–Trinajstić information content (AvgIpc) is 2.45. The summed E-state index contributed by atoms with van der Waals surface area (Å²) in [5.74, 6) is 0.481. The molecule has 1 aromatic rings. The van der Waals surface area contributed by atoms with Gasteiger partial charge in [0.05, 0.1) is 12.7 Å². The molecule has 20 heavy (non-hydrogen) atoms. The highest BCUT2D eigenvalue weighted by atomic mass is 32.1. The van der Waals surface area contributed by atoms with E-state index in [1.807, 2.05) is 0 Å². The van der Waals surface area contributed by atoms with Crippen LogP contribution in [0.2, 0.25) is 0 Å². The van der Waals surface area contributed by atoms with E-state index in [4.69, 9.17) is 22.7 Å². The maximum Gasteiger partial charge on any atom is 0.123 e. The van der Waals surface area contributed by atoms with Crippen LogP contribution >= 0.6 is 12.2 Å². The summed E-state index contributed by atoms with van der Waals surface area (Å²) in [5.41, 5.74) is 7.13. The lowest BCUT2D eigenvalue weighted by molar-refractivity contribution is 0.00163. The number of thiocarbonyl (C=S) groups is 1. The summed E-state index contributed by atoms with van der Waals surface area (Å²) in [6.07, 6.45) is 6.19. The zero-order valence-corrected chi connectivity index (χ0v) is 12.7. The predicted octanol–water partition coefficient (Wildman–Crippen LogP) is 3.95. The highest BCUT2D eigenvalue weighted by Crippen LogP contribution is 2.29. The molecule has 1 fully saturated rings. The fraction of sp³-hybridized carbons (Fsp3) is 0.562. The van der Waals surface area contributed by atoms with Crippen LogP contribution < -0.4 is 5.73 Å². The summed E-state index contributed by atoms with van der Waals surface area (Å²) in [5, 5.41) is 0. The molecule has 2 rings (SSSR count). The normalized spacial score (nSPS) is 22.7. The molecule has 110 valence electrons. The first-order chi connectivity index (χ1) is 9.60. The lowest BCUT2D eigenvalue weighted by atomic mass is 9.85. The Labute approximate surface area is 125 Å². The van der Waals surface area contributed by atoms with E-state index >= 15 is 0 Å². The lowest BCUT2D eigenvalue weighted by Gasteiger charge is -2.28. The van der Waals surface area contributed by atoms with Gasteiger partial charge in [-0.15, -0.1) is 0 Å². The van der Waals surface area contributed by atoms with Gasteiger partial charge in [-0.3, -0.25) is 0 Å². The minimum Gasteiger partial charge on any atom is -0.389 e. The van der Waals surface area contributed by atoms with Crippen LogP contribution in [0.5, 0.6) is 0 Å². The molecule has 2 N–H and O–H groups in total. The van der Waals surface area contributed by atoms with Crippen molar-refractivity contribution in [3.8, 4) is 0 Å². The van der Waals surface area contributed by atoms with Crippen LogP contribution in [-0.4, -0.2) is 11.1 Å². The van der Waals surface area contributed by atoms with Crippen molar-refractivity contribution < 1.29 is 9.13 Å². The summed E-state index contributed by atoms with van der Waals surface area (Å²) in [7, 11) is 0. The van der Waals surface area contributed by atoms with Crippen molar-refractivity contribution in [2.45, 2.75) is 51.7 Å². The van der Waals surface area contributed by atoms with Gasteiger partial charge in [0.15, 0.2) is 0 Å². The smallest absolute Gasteiger partial charge is 0.123 e. The Morgan fingerprint density at radius 3 is 2.95 bits per heavy atom. The van der Waals surface area contributed by atoms with Crippen molar-refractivity contribution in [3.63, 3.8) is 0 Å². The van der Waals surface area contributed by atoms with Gasteiger partial charge in [0.2, 0.25) is 0 Å². The standard InChI is InChI=1S/C16H22FNOS/c1-2-11-4-3-5-14(8-11)19-10-12-9-13(17)6-7-15(12)16(18)20/h6-7,9,11,14H,2-5,8,10H2,1H3,(H2,18,20). The average molecular weight is 295 g/mol. The molecule has 2 atom stereocenters. The Morgan fingerprint density at radius 1 is 1.45 bits per heavy atom. The molecule has 0 spiro atoms. The van der Waals surface area contributed by atoms with E-state index in [0.29, 0.717) is 17.2 Å². The third kappa shape index (κ3) is 4.00. The molecular weight excluding hydrogens is 273 g/mol. The Morgan fingerprint density at radius 2 is 2.25 bits per heavy atom. The van der Waals surface area contributed by atoms with Gasteiger partial charge in [-0.1, -0.05) is 38.4 Å². The molecule has 1 saturated carbocycles. The van der Waals surface area contributed by atoms with Gasteiger partial charge in [0, 0.05) is 5.56 Å². The first-order valence-corrected chi connectivity index (χ1v) is 7.70. The fourth-order valence-electron chi connectivity index (χ4n) is 2.89. The van der Waals surface area contributed by atoms with Gasteiger partial charge in [0.1, 0.15) is 10.8 Å². The number of hydrogen-bond donors (Lipinski definition) is 1. The van der Waals surface area contributed by atoms with E-state index in [1.54, 1.807) is 6.07 Å². The molecule has 0 saturated heterocycles. The van der Waals surface area contributed by atoms with Gasteiger partial charge in [0.25, 0.3) is 0 Å². The molecule has 0 heterocycles. The minimum atomic E-state index is -0.279. The van der Waals surface area contributed by atoms with Gasteiger partial charge < -0.3 is 10.5 Å². The van der Waals surface area contributed by atoms with Crippen molar-refractivity contribution in [1.29, 1.82) is 0 Å². The number of benzene rings is 1. The largest absolute Gasteiger partial charge is 0.389 e. The number of ether oxygens (including phenoxy) is 1. The number of rotatable bonds is 5. The van der Waals surface area contributed by atoms with Crippen molar-refractivity contribution in [1.82, 2.24) is 0 Å². The van der Waals surface area contributed by atoms with Crippen LogP contribution in [-0.2, 0) is 11.3 Å². The molecule has 0 radical (unpaired) electrons. The zero-order valence-electron chi connectivity index (χ0n) is 11.9.